The van der Waals surface area contributed by atoms with Crippen LogP contribution in [0.1, 0.15) is 24.6 Å². The summed E-state index contributed by atoms with van der Waals surface area (Å²) in [5, 5.41) is 2.99. The number of hydrogen-bond acceptors (Lipinski definition) is 5. The van der Waals surface area contributed by atoms with Gasteiger partial charge in [0.15, 0.2) is 0 Å². The number of carbonyl (C=O) groups is 2. The van der Waals surface area contributed by atoms with Crippen LogP contribution in [-0.2, 0) is 27.8 Å². The van der Waals surface area contributed by atoms with Gasteiger partial charge < -0.3 is 9.64 Å². The number of ether oxygens (including phenoxy) is 1. The summed E-state index contributed by atoms with van der Waals surface area (Å²) in [6.07, 6.45) is 1.28. The molecule has 2 aliphatic rings. The molecular formula is C21H23FN4O4. The van der Waals surface area contributed by atoms with E-state index in [1.165, 1.54) is 22.9 Å². The van der Waals surface area contributed by atoms with Crippen LogP contribution in [-0.4, -0.2) is 52.8 Å². The average molecular weight is 414 g/mol. The number of aromatic amines is 1. The fraction of sp³-hybridized carbons (Fsp3) is 0.381. The number of aryl methyl sites for hydroxylation is 2. The molecule has 1 aromatic heterocycles. The van der Waals surface area contributed by atoms with E-state index in [0.717, 1.165) is 11.3 Å². The Morgan fingerprint density at radius 3 is 2.47 bits per heavy atom. The van der Waals surface area contributed by atoms with E-state index in [9.17, 15) is 18.8 Å². The Labute approximate surface area is 172 Å². The number of carbonyl (C=O) groups excluding carboxylic acids is 2. The van der Waals surface area contributed by atoms with Crippen molar-refractivity contribution in [1.29, 1.82) is 0 Å². The van der Waals surface area contributed by atoms with Gasteiger partial charge in [0.05, 0.1) is 30.0 Å². The van der Waals surface area contributed by atoms with E-state index in [0.29, 0.717) is 38.4 Å². The molecule has 2 aliphatic heterocycles. The SMILES string of the molecule is CCCc1[nH]n(C)c(=O)c1C1=C(N2CCOCC2)C(=O)N(c2ccccc2F)C1=O. The van der Waals surface area contributed by atoms with Crippen LogP contribution in [0.4, 0.5) is 10.1 Å². The highest BCUT2D eigenvalue weighted by atomic mass is 19.1. The van der Waals surface area contributed by atoms with Gasteiger partial charge in [-0.05, 0) is 18.6 Å². The molecule has 2 amide bonds. The van der Waals surface area contributed by atoms with E-state index in [1.54, 1.807) is 18.0 Å². The van der Waals surface area contributed by atoms with E-state index < -0.39 is 23.2 Å². The van der Waals surface area contributed by atoms with Crippen molar-refractivity contribution in [2.24, 2.45) is 7.05 Å². The van der Waals surface area contributed by atoms with Crippen molar-refractivity contribution in [1.82, 2.24) is 14.7 Å². The molecule has 8 nitrogen and oxygen atoms in total. The van der Waals surface area contributed by atoms with E-state index in [4.69, 9.17) is 4.74 Å². The van der Waals surface area contributed by atoms with Gasteiger partial charge in [-0.25, -0.2) is 9.29 Å². The number of morpholine rings is 1. The van der Waals surface area contributed by atoms with Crippen molar-refractivity contribution < 1.29 is 18.7 Å². The van der Waals surface area contributed by atoms with Crippen molar-refractivity contribution in [2.75, 3.05) is 31.2 Å². The maximum atomic E-state index is 14.5. The molecule has 0 unspecified atom stereocenters. The van der Waals surface area contributed by atoms with Crippen LogP contribution in [0.25, 0.3) is 5.57 Å². The number of amides is 2. The van der Waals surface area contributed by atoms with E-state index >= 15 is 0 Å². The molecule has 2 aromatic rings. The van der Waals surface area contributed by atoms with Crippen LogP contribution in [0.3, 0.4) is 0 Å². The molecule has 1 fully saturated rings. The number of para-hydroxylation sites is 1. The third kappa shape index (κ3) is 3.15. The standard InChI is InChI=1S/C21H23FN4O4/c1-3-6-14-16(19(27)24(2)23-14)17-18(25-9-11-30-12-10-25)21(29)26(20(17)28)15-8-5-4-7-13(15)22/h4-5,7-8,23H,3,6,9-12H2,1-2H3. The number of rotatable bonds is 5. The predicted molar refractivity (Wildman–Crippen MR) is 108 cm³/mol. The maximum absolute atomic E-state index is 14.5. The molecule has 0 atom stereocenters. The first-order chi connectivity index (χ1) is 14.5. The largest absolute Gasteiger partial charge is 0.378 e. The minimum Gasteiger partial charge on any atom is -0.378 e. The number of anilines is 1. The quantitative estimate of drug-likeness (QED) is 0.748. The fourth-order valence-electron chi connectivity index (χ4n) is 3.97. The molecule has 3 heterocycles. The van der Waals surface area contributed by atoms with Crippen LogP contribution in [0.15, 0.2) is 34.8 Å². The summed E-state index contributed by atoms with van der Waals surface area (Å²) in [4.78, 5) is 42.4. The molecule has 9 heteroatoms. The van der Waals surface area contributed by atoms with Crippen LogP contribution in [0.2, 0.25) is 0 Å². The Morgan fingerprint density at radius 2 is 1.80 bits per heavy atom. The van der Waals surface area contributed by atoms with E-state index in [-0.39, 0.29) is 22.5 Å². The maximum Gasteiger partial charge on any atom is 0.282 e. The van der Waals surface area contributed by atoms with E-state index in [1.807, 2.05) is 6.92 Å². The molecule has 4 rings (SSSR count). The molecule has 30 heavy (non-hydrogen) atoms. The summed E-state index contributed by atoms with van der Waals surface area (Å²) in [6.45, 7) is 3.54. The molecule has 0 spiro atoms. The molecule has 1 N–H and O–H groups in total. The summed E-state index contributed by atoms with van der Waals surface area (Å²) in [5.74, 6) is -2.01. The number of H-pyrrole nitrogens is 1. The first-order valence-corrected chi connectivity index (χ1v) is 9.94. The Bertz CT molecular complexity index is 1090. The molecular weight excluding hydrogens is 391 g/mol. The zero-order valence-electron chi connectivity index (χ0n) is 16.9. The highest BCUT2D eigenvalue weighted by Crippen LogP contribution is 2.36. The lowest BCUT2D eigenvalue weighted by atomic mass is 10.0. The molecule has 0 bridgehead atoms. The Hall–Kier alpha value is -3.20. The number of imide groups is 1. The molecule has 0 aliphatic carbocycles. The van der Waals surface area contributed by atoms with Gasteiger partial charge in [-0.3, -0.25) is 24.2 Å². The monoisotopic (exact) mass is 414 g/mol. The van der Waals surface area contributed by atoms with Gasteiger partial charge in [0.1, 0.15) is 11.5 Å². The molecule has 0 saturated carbocycles. The van der Waals surface area contributed by atoms with Gasteiger partial charge >= 0.3 is 0 Å². The zero-order valence-corrected chi connectivity index (χ0v) is 16.9. The highest BCUT2D eigenvalue weighted by Gasteiger charge is 2.45. The minimum atomic E-state index is -0.694. The average Bonchev–Trinajstić information content (AvgIpc) is 3.15. The summed E-state index contributed by atoms with van der Waals surface area (Å²) >= 11 is 0. The smallest absolute Gasteiger partial charge is 0.282 e. The van der Waals surface area contributed by atoms with Crippen molar-refractivity contribution in [2.45, 2.75) is 19.8 Å². The lowest BCUT2D eigenvalue weighted by Gasteiger charge is -2.29. The topological polar surface area (TPSA) is 87.6 Å². The third-order valence-electron chi connectivity index (χ3n) is 5.35. The number of hydrogen-bond donors (Lipinski definition) is 1. The third-order valence-corrected chi connectivity index (χ3v) is 5.35. The summed E-state index contributed by atoms with van der Waals surface area (Å²) in [5.41, 5.74) is 0.393. The molecule has 1 aromatic carbocycles. The zero-order chi connectivity index (χ0) is 21.4. The van der Waals surface area contributed by atoms with Crippen LogP contribution < -0.4 is 10.5 Å². The van der Waals surface area contributed by atoms with Crippen molar-refractivity contribution in [3.8, 4) is 0 Å². The lowest BCUT2D eigenvalue weighted by molar-refractivity contribution is -0.121. The second kappa shape index (κ2) is 7.91. The molecule has 1 saturated heterocycles. The summed E-state index contributed by atoms with van der Waals surface area (Å²) in [6, 6.07) is 5.62. The normalized spacial score (nSPS) is 17.4. The van der Waals surface area contributed by atoms with Crippen LogP contribution in [0, 0.1) is 5.82 Å². The van der Waals surface area contributed by atoms with Gasteiger partial charge in [-0.15, -0.1) is 0 Å². The first kappa shape index (κ1) is 20.1. The number of halogens is 1. The van der Waals surface area contributed by atoms with Gasteiger partial charge in [0.25, 0.3) is 17.4 Å². The van der Waals surface area contributed by atoms with Crippen LogP contribution in [0.5, 0.6) is 0 Å². The van der Waals surface area contributed by atoms with Crippen molar-refractivity contribution >= 4 is 23.1 Å². The van der Waals surface area contributed by atoms with E-state index in [2.05, 4.69) is 5.10 Å². The Morgan fingerprint density at radius 1 is 1.10 bits per heavy atom. The number of benzene rings is 1. The Balaban J connectivity index is 1.93. The first-order valence-electron chi connectivity index (χ1n) is 9.94. The Kier molecular flexibility index (Phi) is 5.29. The fourth-order valence-corrected chi connectivity index (χ4v) is 3.97. The lowest BCUT2D eigenvalue weighted by Crippen LogP contribution is -2.40. The van der Waals surface area contributed by atoms with Gasteiger partial charge in [-0.2, -0.15) is 0 Å². The summed E-state index contributed by atoms with van der Waals surface area (Å²) < 4.78 is 21.2. The predicted octanol–water partition coefficient (Wildman–Crippen LogP) is 1.42. The van der Waals surface area contributed by atoms with Crippen molar-refractivity contribution in [3.63, 3.8) is 0 Å². The minimum absolute atomic E-state index is 0.0236. The van der Waals surface area contributed by atoms with Crippen molar-refractivity contribution in [3.05, 3.63) is 57.4 Å². The number of nitrogens with zero attached hydrogens (tertiary/aromatic N) is 3. The van der Waals surface area contributed by atoms with Gasteiger partial charge in [-0.1, -0.05) is 25.5 Å². The highest BCUT2D eigenvalue weighted by molar-refractivity contribution is 6.45. The van der Waals surface area contributed by atoms with Crippen LogP contribution >= 0.6 is 0 Å². The molecule has 0 radical (unpaired) electrons. The number of nitrogens with one attached hydrogen (secondary N) is 1. The second-order valence-corrected chi connectivity index (χ2v) is 7.30. The molecule has 158 valence electrons. The van der Waals surface area contributed by atoms with Gasteiger partial charge in [0, 0.05) is 25.8 Å². The number of aromatic nitrogens is 2. The second-order valence-electron chi connectivity index (χ2n) is 7.30. The summed E-state index contributed by atoms with van der Waals surface area (Å²) in [7, 11) is 1.57. The van der Waals surface area contributed by atoms with Gasteiger partial charge in [0.2, 0.25) is 0 Å².